The van der Waals surface area contributed by atoms with Crippen molar-refractivity contribution in [2.45, 2.75) is 31.6 Å². The quantitative estimate of drug-likeness (QED) is 0.177. The normalized spacial score (nSPS) is 14.4. The van der Waals surface area contributed by atoms with E-state index >= 15 is 0 Å². The Hall–Kier alpha value is -6.64. The molecule has 55 heavy (non-hydrogen) atoms. The van der Waals surface area contributed by atoms with Crippen molar-refractivity contribution in [1.29, 1.82) is 0 Å². The molecule has 0 fully saturated rings. The fraction of sp³-hybridized carbons (Fsp3) is 0.0943. The van der Waals surface area contributed by atoms with Gasteiger partial charge in [0.05, 0.1) is 0 Å². The maximum Gasteiger partial charge on any atom is 0.135 e. The Morgan fingerprint density at radius 1 is 0.382 bits per heavy atom. The van der Waals surface area contributed by atoms with Crippen molar-refractivity contribution >= 4 is 39.0 Å². The van der Waals surface area contributed by atoms with Gasteiger partial charge in [0.2, 0.25) is 0 Å². The van der Waals surface area contributed by atoms with Gasteiger partial charge in [-0.1, -0.05) is 141 Å². The van der Waals surface area contributed by atoms with Crippen LogP contribution in [0.5, 0.6) is 0 Å². The van der Waals surface area contributed by atoms with Gasteiger partial charge in [-0.05, 0) is 123 Å². The topological polar surface area (TPSA) is 16.4 Å². The standard InChI is InChI=1S/C53H39NO/c1-52(2)46-18-10-7-15-40(46)43-29-27-39(33-49(43)52)54(37-13-5-4-6-14-37)38-25-21-34(22-26-38)35-23-30-50-45(31-35)44-28-24-36(32-51(44)55-50)53(3)47-19-11-8-16-41(47)42-17-9-12-20-48(42)53/h4-33H,1-3H3. The maximum atomic E-state index is 6.57. The van der Waals surface area contributed by atoms with Crippen molar-refractivity contribution in [2.24, 2.45) is 0 Å². The highest BCUT2D eigenvalue weighted by molar-refractivity contribution is 6.06. The van der Waals surface area contributed by atoms with Gasteiger partial charge in [-0.15, -0.1) is 0 Å². The Kier molecular flexibility index (Phi) is 6.76. The van der Waals surface area contributed by atoms with E-state index < -0.39 is 0 Å². The molecule has 262 valence electrons. The summed E-state index contributed by atoms with van der Waals surface area (Å²) in [5.41, 5.74) is 19.2. The zero-order valence-electron chi connectivity index (χ0n) is 31.2. The molecular formula is C53H39NO. The average Bonchev–Trinajstić information content (AvgIpc) is 3.82. The predicted octanol–water partition coefficient (Wildman–Crippen LogP) is 14.4. The van der Waals surface area contributed by atoms with Crippen LogP contribution in [0.1, 0.15) is 48.6 Å². The fourth-order valence-electron chi connectivity index (χ4n) is 9.69. The third-order valence-electron chi connectivity index (χ3n) is 12.6. The molecule has 9 aromatic rings. The highest BCUT2D eigenvalue weighted by Crippen LogP contribution is 2.53. The molecule has 2 heteroatoms. The van der Waals surface area contributed by atoms with Crippen LogP contribution < -0.4 is 4.90 Å². The lowest BCUT2D eigenvalue weighted by Crippen LogP contribution is -2.22. The molecule has 0 spiro atoms. The van der Waals surface area contributed by atoms with Crippen LogP contribution in [0.4, 0.5) is 17.1 Å². The first-order valence-corrected chi connectivity index (χ1v) is 19.3. The number of nitrogens with zero attached hydrogens (tertiary/aromatic N) is 1. The van der Waals surface area contributed by atoms with Gasteiger partial charge < -0.3 is 9.32 Å². The van der Waals surface area contributed by atoms with Crippen molar-refractivity contribution in [1.82, 2.24) is 0 Å². The highest BCUT2D eigenvalue weighted by atomic mass is 16.3. The number of anilines is 3. The third kappa shape index (κ3) is 4.61. The van der Waals surface area contributed by atoms with Crippen LogP contribution in [0.15, 0.2) is 186 Å². The number of benzene rings is 8. The Bertz CT molecular complexity index is 2920. The summed E-state index contributed by atoms with van der Waals surface area (Å²) in [7, 11) is 0. The van der Waals surface area contributed by atoms with Gasteiger partial charge in [-0.2, -0.15) is 0 Å². The van der Waals surface area contributed by atoms with Gasteiger partial charge in [-0.25, -0.2) is 0 Å². The van der Waals surface area contributed by atoms with Crippen molar-refractivity contribution in [2.75, 3.05) is 4.90 Å². The van der Waals surface area contributed by atoms with E-state index in [1.54, 1.807) is 0 Å². The number of para-hydroxylation sites is 1. The Morgan fingerprint density at radius 3 is 1.65 bits per heavy atom. The second-order valence-electron chi connectivity index (χ2n) is 15.9. The van der Waals surface area contributed by atoms with Crippen LogP contribution in [0.25, 0.3) is 55.3 Å². The molecule has 2 aliphatic rings. The first-order chi connectivity index (χ1) is 26.9. The average molecular weight is 706 g/mol. The monoisotopic (exact) mass is 705 g/mol. The van der Waals surface area contributed by atoms with E-state index in [4.69, 9.17) is 4.42 Å². The molecule has 1 heterocycles. The SMILES string of the molecule is CC1(C)c2ccccc2-c2ccc(N(c3ccccc3)c3ccc(-c4ccc5oc6cc(C7(C)c8ccccc8-c8ccccc87)ccc6c5c4)cc3)cc21. The lowest BCUT2D eigenvalue weighted by atomic mass is 9.74. The number of fused-ring (bicyclic) bond motifs is 9. The van der Waals surface area contributed by atoms with E-state index in [2.05, 4.69) is 208 Å². The zero-order valence-corrected chi connectivity index (χ0v) is 31.2. The van der Waals surface area contributed by atoms with Crippen molar-refractivity contribution < 1.29 is 4.42 Å². The predicted molar refractivity (Wildman–Crippen MR) is 229 cm³/mol. The Balaban J connectivity index is 0.957. The van der Waals surface area contributed by atoms with Gasteiger partial charge in [0.15, 0.2) is 0 Å². The van der Waals surface area contributed by atoms with E-state index in [-0.39, 0.29) is 10.8 Å². The van der Waals surface area contributed by atoms with Crippen LogP contribution in [-0.2, 0) is 10.8 Å². The van der Waals surface area contributed by atoms with Gasteiger partial charge in [0.1, 0.15) is 11.2 Å². The molecular weight excluding hydrogens is 667 g/mol. The number of furan rings is 1. The Labute approximate surface area is 322 Å². The molecule has 8 aromatic carbocycles. The van der Waals surface area contributed by atoms with Crippen molar-refractivity contribution in [3.05, 3.63) is 210 Å². The molecule has 1 aromatic heterocycles. The minimum Gasteiger partial charge on any atom is -0.456 e. The second kappa shape index (κ2) is 11.7. The summed E-state index contributed by atoms with van der Waals surface area (Å²) in [6.45, 7) is 7.04. The van der Waals surface area contributed by atoms with E-state index in [0.717, 1.165) is 39.0 Å². The van der Waals surface area contributed by atoms with Gasteiger partial charge in [-0.3, -0.25) is 0 Å². The molecule has 0 N–H and O–H groups in total. The summed E-state index contributed by atoms with van der Waals surface area (Å²) in [5, 5.41) is 2.27. The van der Waals surface area contributed by atoms with E-state index in [0.29, 0.717) is 0 Å². The maximum absolute atomic E-state index is 6.57. The minimum atomic E-state index is -0.262. The molecule has 0 radical (unpaired) electrons. The van der Waals surface area contributed by atoms with Crippen molar-refractivity contribution in [3.63, 3.8) is 0 Å². The van der Waals surface area contributed by atoms with Gasteiger partial charge in [0, 0.05) is 38.7 Å². The number of hydrogen-bond acceptors (Lipinski definition) is 2. The molecule has 0 saturated heterocycles. The first-order valence-electron chi connectivity index (χ1n) is 19.3. The molecule has 11 rings (SSSR count). The lowest BCUT2D eigenvalue weighted by molar-refractivity contribution is 0.660. The zero-order chi connectivity index (χ0) is 36.9. The van der Waals surface area contributed by atoms with Crippen LogP contribution >= 0.6 is 0 Å². The molecule has 0 bridgehead atoms. The number of rotatable bonds is 5. The summed E-state index contributed by atoms with van der Waals surface area (Å²) in [6, 6.07) is 66.5. The lowest BCUT2D eigenvalue weighted by Gasteiger charge is -2.28. The summed E-state index contributed by atoms with van der Waals surface area (Å²) in [4.78, 5) is 2.37. The van der Waals surface area contributed by atoms with E-state index in [1.807, 2.05) is 0 Å². The Morgan fingerprint density at radius 2 is 0.945 bits per heavy atom. The summed E-state index contributed by atoms with van der Waals surface area (Å²) in [5.74, 6) is 0. The smallest absolute Gasteiger partial charge is 0.135 e. The molecule has 0 aliphatic heterocycles. The van der Waals surface area contributed by atoms with Crippen LogP contribution in [0, 0.1) is 0 Å². The van der Waals surface area contributed by atoms with Gasteiger partial charge >= 0.3 is 0 Å². The summed E-state index contributed by atoms with van der Waals surface area (Å²) >= 11 is 0. The van der Waals surface area contributed by atoms with E-state index in [1.165, 1.54) is 61.2 Å². The first kappa shape index (κ1) is 31.8. The van der Waals surface area contributed by atoms with Crippen LogP contribution in [0.2, 0.25) is 0 Å². The number of hydrogen-bond donors (Lipinski definition) is 0. The third-order valence-corrected chi connectivity index (χ3v) is 12.6. The second-order valence-corrected chi connectivity index (χ2v) is 15.9. The molecule has 2 nitrogen and oxygen atoms in total. The summed E-state index contributed by atoms with van der Waals surface area (Å²) < 4.78 is 6.57. The van der Waals surface area contributed by atoms with Crippen LogP contribution in [0.3, 0.4) is 0 Å². The summed E-state index contributed by atoms with van der Waals surface area (Å²) in [6.07, 6.45) is 0. The van der Waals surface area contributed by atoms with E-state index in [9.17, 15) is 0 Å². The molecule has 0 atom stereocenters. The minimum absolute atomic E-state index is 0.0725. The van der Waals surface area contributed by atoms with Gasteiger partial charge in [0.25, 0.3) is 0 Å². The van der Waals surface area contributed by atoms with Crippen molar-refractivity contribution in [3.8, 4) is 33.4 Å². The molecule has 0 amide bonds. The largest absolute Gasteiger partial charge is 0.456 e. The molecule has 0 saturated carbocycles. The highest BCUT2D eigenvalue weighted by Gasteiger charge is 2.41. The molecule has 0 unspecified atom stereocenters. The fourth-order valence-corrected chi connectivity index (χ4v) is 9.69. The van der Waals surface area contributed by atoms with Crippen LogP contribution in [-0.4, -0.2) is 0 Å². The molecule has 2 aliphatic carbocycles.